The Balaban J connectivity index is 2.74. The molecule has 0 fully saturated rings. The highest BCUT2D eigenvalue weighted by atomic mass is 16.4. The Bertz CT molecular complexity index is 266. The summed E-state index contributed by atoms with van der Waals surface area (Å²) >= 11 is 0. The molecule has 13 heavy (non-hydrogen) atoms. The number of nitrogens with two attached hydrogens (primary N) is 1. The van der Waals surface area contributed by atoms with Crippen LogP contribution in [0.2, 0.25) is 0 Å². The summed E-state index contributed by atoms with van der Waals surface area (Å²) in [6.07, 6.45) is 3.10. The Morgan fingerprint density at radius 1 is 1.77 bits per heavy atom. The maximum absolute atomic E-state index is 10.5. The van der Waals surface area contributed by atoms with Gasteiger partial charge in [-0.2, -0.15) is 0 Å². The second-order valence-electron chi connectivity index (χ2n) is 3.12. The van der Waals surface area contributed by atoms with E-state index in [9.17, 15) is 4.79 Å². The molecule has 0 aliphatic carbocycles. The van der Waals surface area contributed by atoms with E-state index in [4.69, 9.17) is 15.3 Å². The van der Waals surface area contributed by atoms with Gasteiger partial charge in [-0.15, -0.1) is 0 Å². The SMILES string of the molecule is CC(N)C(CC(=O)O)c1ccoc1. The third-order valence-electron chi connectivity index (χ3n) is 2.00. The summed E-state index contributed by atoms with van der Waals surface area (Å²) in [5.74, 6) is -1.01. The number of hydrogen-bond donors (Lipinski definition) is 2. The molecule has 1 heterocycles. The van der Waals surface area contributed by atoms with Crippen molar-refractivity contribution < 1.29 is 14.3 Å². The first-order valence-corrected chi connectivity index (χ1v) is 4.10. The summed E-state index contributed by atoms with van der Waals surface area (Å²) < 4.78 is 4.88. The topological polar surface area (TPSA) is 76.5 Å². The van der Waals surface area contributed by atoms with Gasteiger partial charge in [0.05, 0.1) is 18.9 Å². The molecule has 72 valence electrons. The molecule has 0 saturated carbocycles. The molecule has 1 aromatic rings. The van der Waals surface area contributed by atoms with Gasteiger partial charge in [-0.3, -0.25) is 4.79 Å². The van der Waals surface area contributed by atoms with E-state index in [-0.39, 0.29) is 18.4 Å². The van der Waals surface area contributed by atoms with Crippen molar-refractivity contribution in [2.24, 2.45) is 5.73 Å². The molecule has 2 unspecified atom stereocenters. The van der Waals surface area contributed by atoms with Crippen LogP contribution in [0, 0.1) is 0 Å². The average Bonchev–Trinajstić information content (AvgIpc) is 2.50. The van der Waals surface area contributed by atoms with Crippen molar-refractivity contribution in [1.29, 1.82) is 0 Å². The molecule has 2 atom stereocenters. The Morgan fingerprint density at radius 2 is 2.46 bits per heavy atom. The molecule has 0 aliphatic heterocycles. The fraction of sp³-hybridized carbons (Fsp3) is 0.444. The fourth-order valence-electron chi connectivity index (χ4n) is 1.28. The molecule has 1 rings (SSSR count). The Hall–Kier alpha value is -1.29. The minimum Gasteiger partial charge on any atom is -0.481 e. The molecule has 1 aromatic heterocycles. The van der Waals surface area contributed by atoms with Crippen LogP contribution in [0.25, 0.3) is 0 Å². The molecule has 0 bridgehead atoms. The van der Waals surface area contributed by atoms with Crippen LogP contribution in [0.4, 0.5) is 0 Å². The molecule has 0 spiro atoms. The van der Waals surface area contributed by atoms with Crippen molar-refractivity contribution in [3.8, 4) is 0 Å². The number of carboxylic acid groups (broad SMARTS) is 1. The highest BCUT2D eigenvalue weighted by molar-refractivity contribution is 5.68. The first-order valence-electron chi connectivity index (χ1n) is 4.10. The quantitative estimate of drug-likeness (QED) is 0.735. The van der Waals surface area contributed by atoms with E-state index in [0.29, 0.717) is 0 Å². The van der Waals surface area contributed by atoms with E-state index in [1.165, 1.54) is 12.5 Å². The monoisotopic (exact) mass is 183 g/mol. The van der Waals surface area contributed by atoms with E-state index in [1.807, 2.05) is 0 Å². The molecule has 4 heteroatoms. The van der Waals surface area contributed by atoms with E-state index < -0.39 is 5.97 Å². The van der Waals surface area contributed by atoms with E-state index >= 15 is 0 Å². The summed E-state index contributed by atoms with van der Waals surface area (Å²) in [6, 6.07) is 1.56. The van der Waals surface area contributed by atoms with Crippen LogP contribution < -0.4 is 5.73 Å². The standard InChI is InChI=1S/C9H13NO3/c1-6(10)8(4-9(11)12)7-2-3-13-5-7/h2-3,5-6,8H,4,10H2,1H3,(H,11,12). The molecule has 0 aliphatic rings. The molecule has 3 N–H and O–H groups in total. The van der Waals surface area contributed by atoms with Gasteiger partial charge in [-0.1, -0.05) is 0 Å². The highest BCUT2D eigenvalue weighted by Gasteiger charge is 2.20. The maximum atomic E-state index is 10.5. The molecule has 0 radical (unpaired) electrons. The second kappa shape index (κ2) is 4.09. The van der Waals surface area contributed by atoms with Crippen molar-refractivity contribution in [3.05, 3.63) is 24.2 Å². The average molecular weight is 183 g/mol. The van der Waals surface area contributed by atoms with Crippen molar-refractivity contribution in [2.75, 3.05) is 0 Å². The summed E-state index contributed by atoms with van der Waals surface area (Å²) in [6.45, 7) is 1.79. The van der Waals surface area contributed by atoms with Gasteiger partial charge in [0.15, 0.2) is 0 Å². The summed E-state index contributed by atoms with van der Waals surface area (Å²) in [7, 11) is 0. The predicted molar refractivity (Wildman–Crippen MR) is 47.4 cm³/mol. The van der Waals surface area contributed by atoms with Gasteiger partial charge in [-0.25, -0.2) is 0 Å². The Morgan fingerprint density at radius 3 is 2.85 bits per heavy atom. The molecular formula is C9H13NO3. The first-order chi connectivity index (χ1) is 6.11. The lowest BCUT2D eigenvalue weighted by molar-refractivity contribution is -0.137. The van der Waals surface area contributed by atoms with Crippen LogP contribution >= 0.6 is 0 Å². The molecule has 0 aromatic carbocycles. The normalized spacial score (nSPS) is 15.2. The number of rotatable bonds is 4. The third-order valence-corrected chi connectivity index (χ3v) is 2.00. The van der Waals surface area contributed by atoms with Gasteiger partial charge < -0.3 is 15.3 Å². The number of hydrogen-bond acceptors (Lipinski definition) is 3. The summed E-state index contributed by atoms with van der Waals surface area (Å²) in [5.41, 5.74) is 6.52. The minimum absolute atomic E-state index is 0.0389. The zero-order valence-corrected chi connectivity index (χ0v) is 7.43. The van der Waals surface area contributed by atoms with Crippen molar-refractivity contribution >= 4 is 5.97 Å². The second-order valence-corrected chi connectivity index (χ2v) is 3.12. The van der Waals surface area contributed by atoms with Gasteiger partial charge in [0, 0.05) is 12.0 Å². The van der Waals surface area contributed by atoms with Crippen LogP contribution in [0.3, 0.4) is 0 Å². The van der Waals surface area contributed by atoms with Crippen LogP contribution in [0.1, 0.15) is 24.8 Å². The van der Waals surface area contributed by atoms with Crippen LogP contribution in [-0.2, 0) is 4.79 Å². The van der Waals surface area contributed by atoms with Gasteiger partial charge in [0.2, 0.25) is 0 Å². The molecule has 4 nitrogen and oxygen atoms in total. The van der Waals surface area contributed by atoms with Crippen molar-refractivity contribution in [3.63, 3.8) is 0 Å². The van der Waals surface area contributed by atoms with Gasteiger partial charge in [0.1, 0.15) is 0 Å². The van der Waals surface area contributed by atoms with Crippen molar-refractivity contribution in [2.45, 2.75) is 25.3 Å². The van der Waals surface area contributed by atoms with Crippen molar-refractivity contribution in [1.82, 2.24) is 0 Å². The Labute approximate surface area is 76.3 Å². The van der Waals surface area contributed by atoms with Crippen LogP contribution in [0.5, 0.6) is 0 Å². The number of carbonyl (C=O) groups is 1. The molecule has 0 amide bonds. The van der Waals surface area contributed by atoms with Crippen LogP contribution in [0.15, 0.2) is 23.0 Å². The zero-order valence-electron chi connectivity index (χ0n) is 7.43. The van der Waals surface area contributed by atoms with Gasteiger partial charge >= 0.3 is 5.97 Å². The summed E-state index contributed by atoms with van der Waals surface area (Å²) in [4.78, 5) is 10.5. The zero-order chi connectivity index (χ0) is 9.84. The lowest BCUT2D eigenvalue weighted by Crippen LogP contribution is -2.26. The largest absolute Gasteiger partial charge is 0.481 e. The van der Waals surface area contributed by atoms with Crippen LogP contribution in [-0.4, -0.2) is 17.1 Å². The maximum Gasteiger partial charge on any atom is 0.304 e. The number of furan rings is 1. The highest BCUT2D eigenvalue weighted by Crippen LogP contribution is 2.22. The number of aliphatic carboxylic acids is 1. The summed E-state index contributed by atoms with van der Waals surface area (Å²) in [5, 5.41) is 8.65. The van der Waals surface area contributed by atoms with E-state index in [0.717, 1.165) is 5.56 Å². The predicted octanol–water partition coefficient (Wildman–Crippen LogP) is 1.19. The minimum atomic E-state index is -0.844. The fourth-order valence-corrected chi connectivity index (χ4v) is 1.28. The van der Waals surface area contributed by atoms with Gasteiger partial charge in [-0.05, 0) is 18.6 Å². The smallest absolute Gasteiger partial charge is 0.304 e. The van der Waals surface area contributed by atoms with E-state index in [2.05, 4.69) is 0 Å². The number of carboxylic acids is 1. The lowest BCUT2D eigenvalue weighted by Gasteiger charge is -2.16. The first kappa shape index (κ1) is 9.80. The third kappa shape index (κ3) is 2.59. The molecule has 0 saturated heterocycles. The molecular weight excluding hydrogens is 170 g/mol. The lowest BCUT2D eigenvalue weighted by atomic mass is 9.92. The van der Waals surface area contributed by atoms with E-state index in [1.54, 1.807) is 13.0 Å². The van der Waals surface area contributed by atoms with Gasteiger partial charge in [0.25, 0.3) is 0 Å². The Kier molecular flexibility index (Phi) is 3.08.